The van der Waals surface area contributed by atoms with Crippen LogP contribution in [0.3, 0.4) is 0 Å². The SMILES string of the molecule is CC(C)Oc1ccc(C(=O)N2CCNC(=O)C2CC(=O)OCCOc2ccccc2)cc1. The molecule has 0 aromatic heterocycles. The lowest BCUT2D eigenvalue weighted by molar-refractivity contribution is -0.148. The van der Waals surface area contributed by atoms with Gasteiger partial charge in [0.1, 0.15) is 30.8 Å². The lowest BCUT2D eigenvalue weighted by Gasteiger charge is -2.34. The number of amides is 2. The molecule has 1 saturated heterocycles. The van der Waals surface area contributed by atoms with Gasteiger partial charge in [-0.05, 0) is 50.2 Å². The summed E-state index contributed by atoms with van der Waals surface area (Å²) in [6.45, 7) is 4.72. The van der Waals surface area contributed by atoms with Crippen LogP contribution in [-0.4, -0.2) is 61.1 Å². The highest BCUT2D eigenvalue weighted by atomic mass is 16.6. The van der Waals surface area contributed by atoms with Crippen molar-refractivity contribution in [3.8, 4) is 11.5 Å². The van der Waals surface area contributed by atoms with Crippen molar-refractivity contribution in [2.45, 2.75) is 32.4 Å². The highest BCUT2D eigenvalue weighted by Crippen LogP contribution is 2.18. The van der Waals surface area contributed by atoms with E-state index in [0.717, 1.165) is 0 Å². The van der Waals surface area contributed by atoms with Crippen molar-refractivity contribution in [3.05, 3.63) is 60.2 Å². The number of ether oxygens (including phenoxy) is 3. The third kappa shape index (κ3) is 6.47. The molecule has 1 fully saturated rings. The van der Waals surface area contributed by atoms with Crippen LogP contribution in [0.25, 0.3) is 0 Å². The van der Waals surface area contributed by atoms with Crippen LogP contribution in [-0.2, 0) is 14.3 Å². The van der Waals surface area contributed by atoms with Crippen molar-refractivity contribution in [1.29, 1.82) is 0 Å². The average Bonchev–Trinajstić information content (AvgIpc) is 2.78. The normalized spacial score (nSPS) is 15.8. The van der Waals surface area contributed by atoms with E-state index in [1.54, 1.807) is 36.4 Å². The fourth-order valence-corrected chi connectivity index (χ4v) is 3.32. The molecule has 1 N–H and O–H groups in total. The van der Waals surface area contributed by atoms with E-state index in [2.05, 4.69) is 5.32 Å². The standard InChI is InChI=1S/C24H28N2O6/c1-17(2)32-20-10-8-18(9-11-20)24(29)26-13-12-25-23(28)21(26)16-22(27)31-15-14-30-19-6-4-3-5-7-19/h3-11,17,21H,12-16H2,1-2H3,(H,25,28). The molecule has 1 unspecified atom stereocenters. The first kappa shape index (κ1) is 23.1. The molecule has 1 atom stereocenters. The number of carbonyl (C=O) groups excluding carboxylic acids is 3. The first-order chi connectivity index (χ1) is 15.4. The van der Waals surface area contributed by atoms with E-state index in [9.17, 15) is 14.4 Å². The highest BCUT2D eigenvalue weighted by Gasteiger charge is 2.35. The van der Waals surface area contributed by atoms with Crippen LogP contribution in [0.1, 0.15) is 30.6 Å². The van der Waals surface area contributed by atoms with E-state index in [4.69, 9.17) is 14.2 Å². The Morgan fingerprint density at radius 3 is 2.44 bits per heavy atom. The van der Waals surface area contributed by atoms with Gasteiger partial charge < -0.3 is 24.4 Å². The Morgan fingerprint density at radius 1 is 1.03 bits per heavy atom. The molecule has 8 nitrogen and oxygen atoms in total. The average molecular weight is 440 g/mol. The van der Waals surface area contributed by atoms with Gasteiger partial charge in [0.2, 0.25) is 5.91 Å². The van der Waals surface area contributed by atoms with Gasteiger partial charge in [-0.25, -0.2) is 0 Å². The van der Waals surface area contributed by atoms with Gasteiger partial charge in [0.25, 0.3) is 5.91 Å². The third-order valence-corrected chi connectivity index (χ3v) is 4.78. The Hall–Kier alpha value is -3.55. The fourth-order valence-electron chi connectivity index (χ4n) is 3.32. The molecular formula is C24H28N2O6. The second-order valence-corrected chi connectivity index (χ2v) is 7.58. The van der Waals surface area contributed by atoms with Gasteiger partial charge in [-0.15, -0.1) is 0 Å². The first-order valence-corrected chi connectivity index (χ1v) is 10.6. The number of benzene rings is 2. The van der Waals surface area contributed by atoms with Gasteiger partial charge in [-0.1, -0.05) is 18.2 Å². The Labute approximate surface area is 187 Å². The number of piperazine rings is 1. The van der Waals surface area contributed by atoms with E-state index in [1.807, 2.05) is 32.0 Å². The molecular weight excluding hydrogens is 412 g/mol. The maximum atomic E-state index is 13.0. The van der Waals surface area contributed by atoms with Crippen LogP contribution < -0.4 is 14.8 Å². The largest absolute Gasteiger partial charge is 0.491 e. The summed E-state index contributed by atoms with van der Waals surface area (Å²) in [5.74, 6) is 0.0766. The number of rotatable bonds is 9. The van der Waals surface area contributed by atoms with Gasteiger partial charge in [-0.3, -0.25) is 14.4 Å². The minimum atomic E-state index is -0.926. The summed E-state index contributed by atoms with van der Waals surface area (Å²) in [6, 6.07) is 15.0. The molecule has 1 aliphatic rings. The molecule has 170 valence electrons. The summed E-state index contributed by atoms with van der Waals surface area (Å²) in [5.41, 5.74) is 0.422. The summed E-state index contributed by atoms with van der Waals surface area (Å²) < 4.78 is 16.3. The molecule has 0 saturated carbocycles. The van der Waals surface area contributed by atoms with E-state index in [-0.39, 0.29) is 37.6 Å². The third-order valence-electron chi connectivity index (χ3n) is 4.78. The quantitative estimate of drug-likeness (QED) is 0.475. The number of esters is 1. The van der Waals surface area contributed by atoms with Crippen LogP contribution >= 0.6 is 0 Å². The zero-order valence-electron chi connectivity index (χ0n) is 18.3. The predicted octanol–water partition coefficient (Wildman–Crippen LogP) is 2.43. The van der Waals surface area contributed by atoms with Crippen LogP contribution in [0.2, 0.25) is 0 Å². The molecule has 0 spiro atoms. The smallest absolute Gasteiger partial charge is 0.308 e. The van der Waals surface area contributed by atoms with Crippen molar-refractivity contribution >= 4 is 17.8 Å². The van der Waals surface area contributed by atoms with Gasteiger partial charge in [0.05, 0.1) is 12.5 Å². The lowest BCUT2D eigenvalue weighted by atomic mass is 10.1. The van der Waals surface area contributed by atoms with Crippen LogP contribution in [0.5, 0.6) is 11.5 Å². The van der Waals surface area contributed by atoms with Crippen molar-refractivity contribution in [3.63, 3.8) is 0 Å². The summed E-state index contributed by atoms with van der Waals surface area (Å²) in [5, 5.41) is 2.71. The number of nitrogens with one attached hydrogen (secondary N) is 1. The molecule has 32 heavy (non-hydrogen) atoms. The molecule has 3 rings (SSSR count). The monoisotopic (exact) mass is 440 g/mol. The Bertz CT molecular complexity index is 914. The zero-order valence-corrected chi connectivity index (χ0v) is 18.3. The molecule has 2 aromatic carbocycles. The maximum Gasteiger partial charge on any atom is 0.308 e. The number of nitrogens with zero attached hydrogens (tertiary/aromatic N) is 1. The number of hydrogen-bond donors (Lipinski definition) is 1. The molecule has 2 aromatic rings. The second kappa shape index (κ2) is 11.2. The van der Waals surface area contributed by atoms with Crippen molar-refractivity contribution in [1.82, 2.24) is 10.2 Å². The number of carbonyl (C=O) groups is 3. The summed E-state index contributed by atoms with van der Waals surface area (Å²) in [4.78, 5) is 39.2. The summed E-state index contributed by atoms with van der Waals surface area (Å²) in [7, 11) is 0. The predicted molar refractivity (Wildman–Crippen MR) is 118 cm³/mol. The van der Waals surface area contributed by atoms with Crippen LogP contribution in [0, 0.1) is 0 Å². The molecule has 2 amide bonds. The van der Waals surface area contributed by atoms with Gasteiger partial charge in [0.15, 0.2) is 0 Å². The van der Waals surface area contributed by atoms with Crippen LogP contribution in [0.4, 0.5) is 0 Å². The molecule has 1 heterocycles. The maximum absolute atomic E-state index is 13.0. The van der Waals surface area contributed by atoms with Crippen molar-refractivity contribution in [2.75, 3.05) is 26.3 Å². The zero-order chi connectivity index (χ0) is 22.9. The van der Waals surface area contributed by atoms with Crippen molar-refractivity contribution < 1.29 is 28.6 Å². The van der Waals surface area contributed by atoms with E-state index in [1.165, 1.54) is 4.90 Å². The Balaban J connectivity index is 1.55. The second-order valence-electron chi connectivity index (χ2n) is 7.58. The molecule has 0 aliphatic carbocycles. The summed E-state index contributed by atoms with van der Waals surface area (Å²) in [6.07, 6.45) is -0.201. The lowest BCUT2D eigenvalue weighted by Crippen LogP contribution is -2.57. The van der Waals surface area contributed by atoms with E-state index in [0.29, 0.717) is 30.2 Å². The molecule has 0 radical (unpaired) electrons. The van der Waals surface area contributed by atoms with Gasteiger partial charge in [-0.2, -0.15) is 0 Å². The molecule has 8 heteroatoms. The van der Waals surface area contributed by atoms with E-state index < -0.39 is 12.0 Å². The minimum absolute atomic E-state index is 0.0239. The first-order valence-electron chi connectivity index (χ1n) is 10.6. The molecule has 1 aliphatic heterocycles. The Kier molecular flexibility index (Phi) is 8.08. The Morgan fingerprint density at radius 2 is 1.75 bits per heavy atom. The summed E-state index contributed by atoms with van der Waals surface area (Å²) >= 11 is 0. The minimum Gasteiger partial charge on any atom is -0.491 e. The van der Waals surface area contributed by atoms with Gasteiger partial charge >= 0.3 is 5.97 Å². The highest BCUT2D eigenvalue weighted by molar-refractivity contribution is 5.99. The van der Waals surface area contributed by atoms with Crippen molar-refractivity contribution in [2.24, 2.45) is 0 Å². The number of hydrogen-bond acceptors (Lipinski definition) is 6. The molecule has 0 bridgehead atoms. The van der Waals surface area contributed by atoms with Crippen LogP contribution in [0.15, 0.2) is 54.6 Å². The fraction of sp³-hybridized carbons (Fsp3) is 0.375. The van der Waals surface area contributed by atoms with E-state index >= 15 is 0 Å². The van der Waals surface area contributed by atoms with Gasteiger partial charge in [0, 0.05) is 18.7 Å². The topological polar surface area (TPSA) is 94.2 Å². The number of para-hydroxylation sites is 1.